The van der Waals surface area contributed by atoms with Gasteiger partial charge in [-0.3, -0.25) is 9.48 Å². The predicted octanol–water partition coefficient (Wildman–Crippen LogP) is 2.31. The van der Waals surface area contributed by atoms with Crippen molar-refractivity contribution in [2.75, 3.05) is 5.32 Å². The summed E-state index contributed by atoms with van der Waals surface area (Å²) >= 11 is 0. The number of rotatable bonds is 4. The first-order chi connectivity index (χ1) is 9.81. The van der Waals surface area contributed by atoms with E-state index in [1.165, 1.54) is 0 Å². The molecule has 0 saturated carbocycles. The zero-order valence-electron chi connectivity index (χ0n) is 10.8. The third-order valence-corrected chi connectivity index (χ3v) is 2.89. The van der Waals surface area contributed by atoms with Crippen LogP contribution in [0.25, 0.3) is 5.69 Å². The van der Waals surface area contributed by atoms with Crippen molar-refractivity contribution in [3.05, 3.63) is 67.3 Å². The topological polar surface area (TPSA) is 51.9 Å². The summed E-state index contributed by atoms with van der Waals surface area (Å²) in [5.41, 5.74) is 1.72. The van der Waals surface area contributed by atoms with E-state index in [2.05, 4.69) is 10.4 Å². The van der Waals surface area contributed by atoms with Crippen LogP contribution in [0.15, 0.2) is 67.3 Å². The van der Waals surface area contributed by atoms with E-state index < -0.39 is 0 Å². The van der Waals surface area contributed by atoms with Crippen molar-refractivity contribution in [3.63, 3.8) is 0 Å². The third-order valence-electron chi connectivity index (χ3n) is 2.89. The molecule has 0 spiro atoms. The molecule has 2 heterocycles. The largest absolute Gasteiger partial charge is 0.324 e. The molecule has 1 amide bonds. The van der Waals surface area contributed by atoms with Crippen molar-refractivity contribution in [2.24, 2.45) is 0 Å². The minimum Gasteiger partial charge on any atom is -0.324 e. The molecule has 1 N–H and O–H groups in total. The maximum Gasteiger partial charge on any atom is 0.246 e. The van der Waals surface area contributed by atoms with Crippen molar-refractivity contribution < 1.29 is 4.79 Å². The van der Waals surface area contributed by atoms with Crippen molar-refractivity contribution >= 4 is 11.6 Å². The SMILES string of the molecule is O=C(Cn1cc(-n2cccc2)cn1)Nc1ccccc1. The maximum atomic E-state index is 11.9. The molecule has 0 aliphatic carbocycles. The van der Waals surface area contributed by atoms with Gasteiger partial charge in [-0.05, 0) is 24.3 Å². The highest BCUT2D eigenvalue weighted by atomic mass is 16.2. The molecular formula is C15H14N4O. The van der Waals surface area contributed by atoms with Crippen molar-refractivity contribution in [2.45, 2.75) is 6.54 Å². The number of anilines is 1. The number of hydrogen-bond acceptors (Lipinski definition) is 2. The molecule has 3 rings (SSSR count). The molecule has 1 aromatic carbocycles. The number of hydrogen-bond donors (Lipinski definition) is 1. The van der Waals surface area contributed by atoms with Gasteiger partial charge in [-0.1, -0.05) is 18.2 Å². The monoisotopic (exact) mass is 266 g/mol. The van der Waals surface area contributed by atoms with E-state index in [9.17, 15) is 4.79 Å². The highest BCUT2D eigenvalue weighted by molar-refractivity contribution is 5.90. The van der Waals surface area contributed by atoms with Gasteiger partial charge in [0.1, 0.15) is 6.54 Å². The molecule has 0 aliphatic heterocycles. The van der Waals surface area contributed by atoms with Gasteiger partial charge >= 0.3 is 0 Å². The molecule has 0 unspecified atom stereocenters. The van der Waals surface area contributed by atoms with E-state index in [0.717, 1.165) is 11.4 Å². The lowest BCUT2D eigenvalue weighted by Gasteiger charge is -2.04. The highest BCUT2D eigenvalue weighted by Crippen LogP contribution is 2.07. The summed E-state index contributed by atoms with van der Waals surface area (Å²) in [7, 11) is 0. The van der Waals surface area contributed by atoms with Crippen LogP contribution >= 0.6 is 0 Å². The van der Waals surface area contributed by atoms with E-state index in [1.54, 1.807) is 10.9 Å². The van der Waals surface area contributed by atoms with Crippen LogP contribution in [0.1, 0.15) is 0 Å². The van der Waals surface area contributed by atoms with E-state index in [4.69, 9.17) is 0 Å². The number of benzene rings is 1. The Morgan fingerprint density at radius 3 is 2.60 bits per heavy atom. The molecule has 5 nitrogen and oxygen atoms in total. The lowest BCUT2D eigenvalue weighted by atomic mass is 10.3. The van der Waals surface area contributed by atoms with Gasteiger partial charge in [0.2, 0.25) is 5.91 Å². The van der Waals surface area contributed by atoms with E-state index in [-0.39, 0.29) is 12.5 Å². The predicted molar refractivity (Wildman–Crippen MR) is 76.6 cm³/mol. The van der Waals surface area contributed by atoms with Crippen LogP contribution in [0.2, 0.25) is 0 Å². The van der Waals surface area contributed by atoms with Crippen molar-refractivity contribution in [3.8, 4) is 5.69 Å². The zero-order valence-corrected chi connectivity index (χ0v) is 10.8. The van der Waals surface area contributed by atoms with Crippen LogP contribution in [0, 0.1) is 0 Å². The first-order valence-corrected chi connectivity index (χ1v) is 6.32. The Bertz CT molecular complexity index is 686. The Balaban J connectivity index is 1.65. The second-order valence-electron chi connectivity index (χ2n) is 4.40. The zero-order chi connectivity index (χ0) is 13.8. The summed E-state index contributed by atoms with van der Waals surface area (Å²) in [6.07, 6.45) is 7.44. The van der Waals surface area contributed by atoms with Crippen LogP contribution in [-0.4, -0.2) is 20.3 Å². The molecule has 0 radical (unpaired) electrons. The molecule has 0 aliphatic rings. The second-order valence-corrected chi connectivity index (χ2v) is 4.40. The molecule has 0 fully saturated rings. The van der Waals surface area contributed by atoms with Gasteiger partial charge in [-0.2, -0.15) is 5.10 Å². The Kier molecular flexibility index (Phi) is 3.33. The number of para-hydroxylation sites is 1. The molecule has 5 heteroatoms. The molecule has 0 saturated heterocycles. The summed E-state index contributed by atoms with van der Waals surface area (Å²) in [5.74, 6) is -0.0987. The molecule has 20 heavy (non-hydrogen) atoms. The molecule has 100 valence electrons. The van der Waals surface area contributed by atoms with Crippen molar-refractivity contribution in [1.82, 2.24) is 14.3 Å². The van der Waals surface area contributed by atoms with Crippen LogP contribution in [0.4, 0.5) is 5.69 Å². The fourth-order valence-corrected chi connectivity index (χ4v) is 1.95. The number of amides is 1. The average Bonchev–Trinajstić information content (AvgIpc) is 3.10. The van der Waals surface area contributed by atoms with E-state index >= 15 is 0 Å². The van der Waals surface area contributed by atoms with Gasteiger partial charge in [-0.15, -0.1) is 0 Å². The number of nitrogens with one attached hydrogen (secondary N) is 1. The average molecular weight is 266 g/mol. The maximum absolute atomic E-state index is 11.9. The lowest BCUT2D eigenvalue weighted by Crippen LogP contribution is -2.18. The minimum absolute atomic E-state index is 0.0987. The molecule has 0 bridgehead atoms. The fourth-order valence-electron chi connectivity index (χ4n) is 1.95. The minimum atomic E-state index is -0.0987. The Labute approximate surface area is 116 Å². The van der Waals surface area contributed by atoms with E-state index in [1.807, 2.05) is 65.6 Å². The van der Waals surface area contributed by atoms with Gasteiger partial charge in [-0.25, -0.2) is 0 Å². The van der Waals surface area contributed by atoms with Crippen LogP contribution in [0.5, 0.6) is 0 Å². The Morgan fingerprint density at radius 1 is 1.10 bits per heavy atom. The smallest absolute Gasteiger partial charge is 0.246 e. The molecular weight excluding hydrogens is 252 g/mol. The van der Waals surface area contributed by atoms with Crippen LogP contribution in [-0.2, 0) is 11.3 Å². The quantitative estimate of drug-likeness (QED) is 0.788. The van der Waals surface area contributed by atoms with Gasteiger partial charge in [0.25, 0.3) is 0 Å². The summed E-state index contributed by atoms with van der Waals surface area (Å²) in [5, 5.41) is 7.02. The normalized spacial score (nSPS) is 10.4. The van der Waals surface area contributed by atoms with Crippen LogP contribution < -0.4 is 5.32 Å². The number of nitrogens with zero attached hydrogens (tertiary/aromatic N) is 3. The van der Waals surface area contributed by atoms with Gasteiger partial charge < -0.3 is 9.88 Å². The molecule has 3 aromatic rings. The van der Waals surface area contributed by atoms with Gasteiger partial charge in [0, 0.05) is 24.3 Å². The van der Waals surface area contributed by atoms with E-state index in [0.29, 0.717) is 0 Å². The second kappa shape index (κ2) is 5.44. The van der Waals surface area contributed by atoms with Gasteiger partial charge in [0.15, 0.2) is 0 Å². The summed E-state index contributed by atoms with van der Waals surface area (Å²) in [6.45, 7) is 0.191. The van der Waals surface area contributed by atoms with Crippen LogP contribution in [0.3, 0.4) is 0 Å². The summed E-state index contributed by atoms with van der Waals surface area (Å²) in [6, 6.07) is 13.3. The highest BCUT2D eigenvalue weighted by Gasteiger charge is 2.05. The number of aromatic nitrogens is 3. The first-order valence-electron chi connectivity index (χ1n) is 6.32. The molecule has 2 aromatic heterocycles. The standard InChI is InChI=1S/C15H14N4O/c20-15(17-13-6-2-1-3-7-13)12-19-11-14(10-16-19)18-8-4-5-9-18/h1-11H,12H2,(H,17,20). The van der Waals surface area contributed by atoms with Gasteiger partial charge in [0.05, 0.1) is 11.9 Å². The first kappa shape index (κ1) is 12.2. The lowest BCUT2D eigenvalue weighted by molar-refractivity contribution is -0.116. The molecule has 0 atom stereocenters. The summed E-state index contributed by atoms with van der Waals surface area (Å²) in [4.78, 5) is 11.9. The Morgan fingerprint density at radius 2 is 1.85 bits per heavy atom. The number of carbonyl (C=O) groups excluding carboxylic acids is 1. The number of carbonyl (C=O) groups is 1. The summed E-state index contributed by atoms with van der Waals surface area (Å²) < 4.78 is 3.56. The van der Waals surface area contributed by atoms with Crippen molar-refractivity contribution in [1.29, 1.82) is 0 Å². The fraction of sp³-hybridized carbons (Fsp3) is 0.0667. The Hall–Kier alpha value is -2.82. The third kappa shape index (κ3) is 2.77.